The molecule has 4 heterocycles. The van der Waals surface area contributed by atoms with E-state index in [1.54, 1.807) is 12.1 Å². The van der Waals surface area contributed by atoms with Crippen molar-refractivity contribution in [2.75, 3.05) is 25.3 Å². The molecular weight excluding hydrogens is 518 g/mol. The van der Waals surface area contributed by atoms with Crippen molar-refractivity contribution in [3.63, 3.8) is 0 Å². The number of rotatable bonds is 9. The molecular formula is C24H30ClN5O4SSi. The average Bonchev–Trinajstić information content (AvgIpc) is 3.07. The smallest absolute Gasteiger partial charge is 0.192 e. The summed E-state index contributed by atoms with van der Waals surface area (Å²) in [6.07, 6.45) is 1.10. The number of ether oxygens (including phenoxy) is 2. The van der Waals surface area contributed by atoms with Crippen molar-refractivity contribution in [3.05, 3.63) is 41.2 Å². The molecule has 0 radical (unpaired) electrons. The third-order valence-electron chi connectivity index (χ3n) is 5.64. The highest BCUT2D eigenvalue weighted by atomic mass is 35.5. The molecule has 0 atom stereocenters. The fraction of sp³-hybridized carbons (Fsp3) is 0.375. The van der Waals surface area contributed by atoms with E-state index in [1.807, 2.05) is 23.6 Å². The summed E-state index contributed by atoms with van der Waals surface area (Å²) < 4.78 is 37.7. The van der Waals surface area contributed by atoms with Gasteiger partial charge in [0.15, 0.2) is 14.9 Å². The molecule has 0 saturated heterocycles. The Labute approximate surface area is 216 Å². The number of methoxy groups -OCH3 is 1. The summed E-state index contributed by atoms with van der Waals surface area (Å²) in [5.41, 5.74) is 3.64. The Kier molecular flexibility index (Phi) is 7.29. The molecule has 0 saturated carbocycles. The van der Waals surface area contributed by atoms with Gasteiger partial charge in [-0.3, -0.25) is 9.55 Å². The second-order valence-electron chi connectivity index (χ2n) is 9.92. The van der Waals surface area contributed by atoms with Crippen molar-refractivity contribution in [1.82, 2.24) is 19.5 Å². The maximum atomic E-state index is 12.2. The first kappa shape index (κ1) is 26.3. The lowest BCUT2D eigenvalue weighted by atomic mass is 10.2. The van der Waals surface area contributed by atoms with Crippen LogP contribution in [0.5, 0.6) is 5.75 Å². The third kappa shape index (κ3) is 5.80. The average molecular weight is 548 g/mol. The van der Waals surface area contributed by atoms with Crippen LogP contribution >= 0.6 is 11.6 Å². The van der Waals surface area contributed by atoms with Crippen LogP contribution in [0.1, 0.15) is 5.69 Å². The number of aromatic nitrogens is 4. The molecule has 12 heteroatoms. The Morgan fingerprint density at radius 3 is 2.53 bits per heavy atom. The van der Waals surface area contributed by atoms with Crippen molar-refractivity contribution in [3.8, 4) is 5.75 Å². The number of sulfone groups is 1. The fourth-order valence-corrected chi connectivity index (χ4v) is 5.29. The van der Waals surface area contributed by atoms with Gasteiger partial charge in [0.2, 0.25) is 0 Å². The van der Waals surface area contributed by atoms with Gasteiger partial charge in [-0.15, -0.1) is 0 Å². The van der Waals surface area contributed by atoms with Crippen LogP contribution in [0.15, 0.2) is 35.4 Å². The second kappa shape index (κ2) is 9.96. The van der Waals surface area contributed by atoms with Gasteiger partial charge in [0.1, 0.15) is 34.6 Å². The number of aryl methyl sites for hydroxylation is 1. The van der Waals surface area contributed by atoms with Crippen LogP contribution < -0.4 is 10.1 Å². The van der Waals surface area contributed by atoms with Crippen molar-refractivity contribution >= 4 is 63.1 Å². The van der Waals surface area contributed by atoms with E-state index in [4.69, 9.17) is 26.1 Å². The van der Waals surface area contributed by atoms with Crippen LogP contribution in [-0.2, 0) is 21.3 Å². The third-order valence-corrected chi connectivity index (χ3v) is 8.50. The number of nitrogens with one attached hydrogen (secondary N) is 1. The van der Waals surface area contributed by atoms with Crippen LogP contribution in [0.2, 0.25) is 30.8 Å². The predicted octanol–water partition coefficient (Wildman–Crippen LogP) is 5.41. The summed E-state index contributed by atoms with van der Waals surface area (Å²) in [6, 6.07) is 9.65. The molecule has 1 N–H and O–H groups in total. The van der Waals surface area contributed by atoms with Crippen molar-refractivity contribution < 1.29 is 17.9 Å². The van der Waals surface area contributed by atoms with Crippen molar-refractivity contribution in [2.45, 2.75) is 44.4 Å². The molecule has 0 amide bonds. The van der Waals surface area contributed by atoms with E-state index < -0.39 is 17.9 Å². The Morgan fingerprint density at radius 1 is 1.11 bits per heavy atom. The minimum atomic E-state index is -3.56. The molecule has 9 nitrogen and oxygen atoms in total. The largest absolute Gasteiger partial charge is 0.497 e. The standard InChI is InChI=1S/C24H30ClN5O4SSi/c1-15-7-8-18-23(26-15)22-17(27-20-11-16(33-2)12-21(29-20)35(3,31)32)13-19(25)28-24(22)30(18)14-34-9-10-36(4,5)6/h7-8,11-13H,9-10,14H2,1-6H3,(H,27,28,29). The highest BCUT2D eigenvalue weighted by Crippen LogP contribution is 2.36. The molecule has 0 spiro atoms. The molecule has 4 rings (SSSR count). The van der Waals surface area contributed by atoms with Crippen molar-refractivity contribution in [2.24, 2.45) is 0 Å². The number of halogens is 1. The number of anilines is 2. The van der Waals surface area contributed by atoms with Crippen molar-refractivity contribution in [1.29, 1.82) is 0 Å². The summed E-state index contributed by atoms with van der Waals surface area (Å²) in [6.45, 7) is 9.81. The number of hydrogen-bond acceptors (Lipinski definition) is 8. The monoisotopic (exact) mass is 547 g/mol. The van der Waals surface area contributed by atoms with Crippen LogP contribution in [0.3, 0.4) is 0 Å². The lowest BCUT2D eigenvalue weighted by Gasteiger charge is -2.16. The highest BCUT2D eigenvalue weighted by molar-refractivity contribution is 7.90. The predicted molar refractivity (Wildman–Crippen MR) is 146 cm³/mol. The second-order valence-corrected chi connectivity index (χ2v) is 17.9. The van der Waals surface area contributed by atoms with Crippen LogP contribution in [0.4, 0.5) is 11.5 Å². The zero-order valence-electron chi connectivity index (χ0n) is 21.2. The van der Waals surface area contributed by atoms with E-state index in [0.29, 0.717) is 36.2 Å². The number of hydrogen-bond donors (Lipinski definition) is 1. The molecule has 0 bridgehead atoms. The zero-order chi connectivity index (χ0) is 26.3. The Balaban J connectivity index is 1.84. The molecule has 0 aliphatic rings. The lowest BCUT2D eigenvalue weighted by Crippen LogP contribution is -2.22. The molecule has 4 aromatic rings. The number of fused-ring (bicyclic) bond motifs is 3. The minimum absolute atomic E-state index is 0.104. The van der Waals surface area contributed by atoms with Crippen LogP contribution in [0.25, 0.3) is 22.1 Å². The number of pyridine rings is 3. The van der Waals surface area contributed by atoms with Gasteiger partial charge in [-0.05, 0) is 31.2 Å². The molecule has 36 heavy (non-hydrogen) atoms. The van der Waals surface area contributed by atoms with E-state index in [1.165, 1.54) is 13.2 Å². The topological polar surface area (TPSA) is 108 Å². The zero-order valence-corrected chi connectivity index (χ0v) is 23.8. The lowest BCUT2D eigenvalue weighted by molar-refractivity contribution is 0.0925. The van der Waals surface area contributed by atoms with Crippen LogP contribution in [0, 0.1) is 6.92 Å². The summed E-state index contributed by atoms with van der Waals surface area (Å²) in [4.78, 5) is 13.7. The molecule has 0 aliphatic carbocycles. The van der Waals surface area contributed by atoms with Crippen LogP contribution in [-0.4, -0.2) is 56.0 Å². The van der Waals surface area contributed by atoms with Gasteiger partial charge in [-0.25, -0.2) is 18.4 Å². The molecule has 0 aliphatic heterocycles. The Hall–Kier alpha value is -2.73. The summed E-state index contributed by atoms with van der Waals surface area (Å²) >= 11 is 6.44. The maximum Gasteiger partial charge on any atom is 0.192 e. The first-order chi connectivity index (χ1) is 16.9. The van der Waals surface area contributed by atoms with Gasteiger partial charge in [-0.2, -0.15) is 0 Å². The van der Waals surface area contributed by atoms with Gasteiger partial charge < -0.3 is 14.8 Å². The molecule has 192 valence electrons. The van der Waals surface area contributed by atoms with E-state index >= 15 is 0 Å². The molecule has 0 aromatic carbocycles. The van der Waals surface area contributed by atoms with E-state index in [9.17, 15) is 8.42 Å². The van der Waals surface area contributed by atoms with E-state index in [-0.39, 0.29) is 10.2 Å². The SMILES string of the molecule is COc1cc(Nc2cc(Cl)nc3c2c2nc(C)ccc2n3COCC[Si](C)(C)C)nc(S(C)(=O)=O)c1. The van der Waals surface area contributed by atoms with Gasteiger partial charge in [-0.1, -0.05) is 31.2 Å². The fourth-order valence-electron chi connectivity index (χ4n) is 3.75. The molecule has 4 aromatic heterocycles. The maximum absolute atomic E-state index is 12.2. The van der Waals surface area contributed by atoms with Gasteiger partial charge in [0.25, 0.3) is 0 Å². The van der Waals surface area contributed by atoms with Gasteiger partial charge >= 0.3 is 0 Å². The summed E-state index contributed by atoms with van der Waals surface area (Å²) in [5.74, 6) is 0.648. The Morgan fingerprint density at radius 2 is 1.86 bits per heavy atom. The normalized spacial score (nSPS) is 12.4. The minimum Gasteiger partial charge on any atom is -0.497 e. The Bertz CT molecular complexity index is 1550. The quantitative estimate of drug-likeness (QED) is 0.168. The highest BCUT2D eigenvalue weighted by Gasteiger charge is 2.20. The first-order valence-corrected chi connectivity index (χ1v) is 17.4. The summed E-state index contributed by atoms with van der Waals surface area (Å²) in [5, 5.41) is 4.11. The summed E-state index contributed by atoms with van der Waals surface area (Å²) in [7, 11) is -3.33. The van der Waals surface area contributed by atoms with Gasteiger partial charge in [0.05, 0.1) is 23.7 Å². The van der Waals surface area contributed by atoms with E-state index in [2.05, 4.69) is 34.9 Å². The molecule has 0 unspecified atom stereocenters. The van der Waals surface area contributed by atoms with E-state index in [0.717, 1.165) is 34.4 Å². The first-order valence-electron chi connectivity index (χ1n) is 11.4. The number of nitrogens with zero attached hydrogens (tertiary/aromatic N) is 4. The molecule has 0 fully saturated rings. The van der Waals surface area contributed by atoms with Gasteiger partial charge in [0, 0.05) is 38.8 Å².